The summed E-state index contributed by atoms with van der Waals surface area (Å²) in [6.07, 6.45) is 0. The highest BCUT2D eigenvalue weighted by Crippen LogP contribution is 2.25. The van der Waals surface area contributed by atoms with Gasteiger partial charge in [0.05, 0.1) is 17.2 Å². The topological polar surface area (TPSA) is 26.3 Å². The Hall–Kier alpha value is -1.80. The average Bonchev–Trinajstić information content (AvgIpc) is 2.40. The van der Waals surface area contributed by atoms with Gasteiger partial charge in [0.2, 0.25) is 0 Å². The molecule has 0 radical (unpaired) electrons. The fraction of sp³-hybridized carbons (Fsp3) is 0.133. The van der Waals surface area contributed by atoms with Crippen molar-refractivity contribution in [3.05, 3.63) is 64.7 Å². The largest absolute Gasteiger partial charge is 0.493 e. The molecule has 3 heteroatoms. The molecule has 0 N–H and O–H groups in total. The molecule has 0 aromatic heterocycles. The number of ketones is 1. The molecule has 0 bridgehead atoms. The van der Waals surface area contributed by atoms with Gasteiger partial charge < -0.3 is 4.74 Å². The molecule has 0 atom stereocenters. The van der Waals surface area contributed by atoms with Crippen LogP contribution in [0.2, 0.25) is 5.02 Å². The number of halogens is 1. The van der Waals surface area contributed by atoms with Crippen LogP contribution in [0.15, 0.2) is 48.5 Å². The second-order valence-electron chi connectivity index (χ2n) is 3.74. The van der Waals surface area contributed by atoms with Crippen molar-refractivity contribution in [1.82, 2.24) is 0 Å². The van der Waals surface area contributed by atoms with Gasteiger partial charge in [0.1, 0.15) is 5.75 Å². The number of rotatable bonds is 4. The number of hydrogen-bond donors (Lipinski definition) is 0. The summed E-state index contributed by atoms with van der Waals surface area (Å²) in [6, 6.07) is 14.2. The molecule has 0 spiro atoms. The fourth-order valence-electron chi connectivity index (χ4n) is 1.73. The standard InChI is InChI=1S/C15H13ClO2/c1-2-18-14-10-6-4-8-12(14)15(17)11-7-3-5-9-13(11)16/h3-10H,2H2,1H3. The first-order valence-electron chi connectivity index (χ1n) is 5.75. The predicted molar refractivity (Wildman–Crippen MR) is 72.5 cm³/mol. The van der Waals surface area contributed by atoms with Crippen molar-refractivity contribution in [2.45, 2.75) is 6.92 Å². The lowest BCUT2D eigenvalue weighted by Crippen LogP contribution is -2.05. The number of para-hydroxylation sites is 1. The van der Waals surface area contributed by atoms with Crippen molar-refractivity contribution >= 4 is 17.4 Å². The molecular weight excluding hydrogens is 248 g/mol. The third kappa shape index (κ3) is 2.54. The van der Waals surface area contributed by atoms with E-state index in [2.05, 4.69) is 0 Å². The number of hydrogen-bond acceptors (Lipinski definition) is 2. The van der Waals surface area contributed by atoms with Crippen molar-refractivity contribution in [2.24, 2.45) is 0 Å². The van der Waals surface area contributed by atoms with Crippen LogP contribution in [0.5, 0.6) is 5.75 Å². The molecule has 2 nitrogen and oxygen atoms in total. The molecule has 2 aromatic carbocycles. The van der Waals surface area contributed by atoms with E-state index in [0.717, 1.165) is 0 Å². The zero-order valence-electron chi connectivity index (χ0n) is 10.0. The normalized spacial score (nSPS) is 10.1. The molecule has 0 amide bonds. The summed E-state index contributed by atoms with van der Waals surface area (Å²) in [6.45, 7) is 2.41. The Kier molecular flexibility index (Phi) is 4.00. The van der Waals surface area contributed by atoms with Gasteiger partial charge in [-0.2, -0.15) is 0 Å². The van der Waals surface area contributed by atoms with Gasteiger partial charge in [0.25, 0.3) is 0 Å². The van der Waals surface area contributed by atoms with Gasteiger partial charge in [-0.15, -0.1) is 0 Å². The first kappa shape index (κ1) is 12.7. The van der Waals surface area contributed by atoms with Crippen molar-refractivity contribution in [3.63, 3.8) is 0 Å². The maximum absolute atomic E-state index is 12.4. The average molecular weight is 261 g/mol. The van der Waals surface area contributed by atoms with E-state index in [9.17, 15) is 4.79 Å². The molecule has 0 saturated carbocycles. The maximum Gasteiger partial charge on any atom is 0.198 e. The highest BCUT2D eigenvalue weighted by Gasteiger charge is 2.16. The molecule has 0 unspecified atom stereocenters. The molecule has 18 heavy (non-hydrogen) atoms. The van der Waals surface area contributed by atoms with Crippen LogP contribution >= 0.6 is 11.6 Å². The van der Waals surface area contributed by atoms with E-state index in [-0.39, 0.29) is 5.78 Å². The van der Waals surface area contributed by atoms with Gasteiger partial charge in [0, 0.05) is 5.56 Å². The summed E-state index contributed by atoms with van der Waals surface area (Å²) in [4.78, 5) is 12.4. The Bertz CT molecular complexity index is 564. The van der Waals surface area contributed by atoms with Gasteiger partial charge in [-0.1, -0.05) is 35.9 Å². The second-order valence-corrected chi connectivity index (χ2v) is 4.15. The fourth-order valence-corrected chi connectivity index (χ4v) is 1.95. The highest BCUT2D eigenvalue weighted by atomic mass is 35.5. The van der Waals surface area contributed by atoms with E-state index in [0.29, 0.717) is 28.5 Å². The molecule has 0 heterocycles. The Labute approximate surface area is 111 Å². The third-order valence-corrected chi connectivity index (χ3v) is 2.88. The molecule has 0 aliphatic rings. The molecule has 0 aliphatic heterocycles. The minimum Gasteiger partial charge on any atom is -0.493 e. The molecule has 2 aromatic rings. The minimum absolute atomic E-state index is 0.121. The highest BCUT2D eigenvalue weighted by molar-refractivity contribution is 6.35. The smallest absolute Gasteiger partial charge is 0.198 e. The number of carbonyl (C=O) groups excluding carboxylic acids is 1. The summed E-state index contributed by atoms with van der Waals surface area (Å²) in [5.74, 6) is 0.467. The molecular formula is C15H13ClO2. The van der Waals surface area contributed by atoms with Crippen molar-refractivity contribution in [3.8, 4) is 5.75 Å². The summed E-state index contributed by atoms with van der Waals surface area (Å²) in [5, 5.41) is 0.453. The van der Waals surface area contributed by atoms with Crippen LogP contribution in [0.25, 0.3) is 0 Å². The molecule has 0 fully saturated rings. The minimum atomic E-state index is -0.121. The van der Waals surface area contributed by atoms with Crippen LogP contribution in [0.4, 0.5) is 0 Å². The lowest BCUT2D eigenvalue weighted by atomic mass is 10.0. The molecule has 92 valence electrons. The zero-order valence-corrected chi connectivity index (χ0v) is 10.8. The Morgan fingerprint density at radius 3 is 2.33 bits per heavy atom. The van der Waals surface area contributed by atoms with Gasteiger partial charge in [-0.25, -0.2) is 0 Å². The van der Waals surface area contributed by atoms with Crippen LogP contribution < -0.4 is 4.74 Å². The Balaban J connectivity index is 2.43. The molecule has 2 rings (SSSR count). The van der Waals surface area contributed by atoms with E-state index < -0.39 is 0 Å². The van der Waals surface area contributed by atoms with E-state index in [4.69, 9.17) is 16.3 Å². The molecule has 0 aliphatic carbocycles. The lowest BCUT2D eigenvalue weighted by Gasteiger charge is -2.09. The monoisotopic (exact) mass is 260 g/mol. The van der Waals surface area contributed by atoms with E-state index in [1.165, 1.54) is 0 Å². The zero-order chi connectivity index (χ0) is 13.0. The van der Waals surface area contributed by atoms with E-state index in [1.54, 1.807) is 36.4 Å². The van der Waals surface area contributed by atoms with E-state index in [1.807, 2.05) is 19.1 Å². The SMILES string of the molecule is CCOc1ccccc1C(=O)c1ccccc1Cl. The predicted octanol–water partition coefficient (Wildman–Crippen LogP) is 3.97. The van der Waals surface area contributed by atoms with Crippen LogP contribution in [0.1, 0.15) is 22.8 Å². The van der Waals surface area contributed by atoms with Crippen molar-refractivity contribution in [2.75, 3.05) is 6.61 Å². The summed E-state index contributed by atoms with van der Waals surface area (Å²) in [7, 11) is 0. The van der Waals surface area contributed by atoms with Crippen LogP contribution in [0, 0.1) is 0 Å². The number of ether oxygens (including phenoxy) is 1. The summed E-state index contributed by atoms with van der Waals surface area (Å²) < 4.78 is 5.46. The van der Waals surface area contributed by atoms with Crippen molar-refractivity contribution < 1.29 is 9.53 Å². The van der Waals surface area contributed by atoms with Crippen molar-refractivity contribution in [1.29, 1.82) is 0 Å². The van der Waals surface area contributed by atoms with Gasteiger partial charge in [0.15, 0.2) is 5.78 Å². The summed E-state index contributed by atoms with van der Waals surface area (Å²) >= 11 is 6.04. The quantitative estimate of drug-likeness (QED) is 0.778. The van der Waals surface area contributed by atoms with Gasteiger partial charge in [-0.05, 0) is 31.2 Å². The van der Waals surface area contributed by atoms with Gasteiger partial charge in [-0.3, -0.25) is 4.79 Å². The summed E-state index contributed by atoms with van der Waals surface area (Å²) in [5.41, 5.74) is 1.03. The Morgan fingerprint density at radius 1 is 1.06 bits per heavy atom. The maximum atomic E-state index is 12.4. The first-order valence-corrected chi connectivity index (χ1v) is 6.13. The second kappa shape index (κ2) is 5.69. The number of carbonyl (C=O) groups is 1. The van der Waals surface area contributed by atoms with E-state index >= 15 is 0 Å². The van der Waals surface area contributed by atoms with Gasteiger partial charge >= 0.3 is 0 Å². The number of benzene rings is 2. The van der Waals surface area contributed by atoms with Crippen LogP contribution in [-0.2, 0) is 0 Å². The molecule has 0 saturated heterocycles. The third-order valence-electron chi connectivity index (χ3n) is 2.55. The van der Waals surface area contributed by atoms with Crippen LogP contribution in [0.3, 0.4) is 0 Å². The Morgan fingerprint density at radius 2 is 1.67 bits per heavy atom. The van der Waals surface area contributed by atoms with Crippen LogP contribution in [-0.4, -0.2) is 12.4 Å². The first-order chi connectivity index (χ1) is 8.74. The lowest BCUT2D eigenvalue weighted by molar-refractivity contribution is 0.103.